The second kappa shape index (κ2) is 20.1. The number of carbonyl (C=O) groups is 2. The van der Waals surface area contributed by atoms with Gasteiger partial charge in [0, 0.05) is 17.3 Å². The number of hydrogen-bond acceptors (Lipinski definition) is 6. The first-order valence-corrected chi connectivity index (χ1v) is 16.3. The van der Waals surface area contributed by atoms with Crippen LogP contribution in [0.1, 0.15) is 107 Å². The number of carbonyl (C=O) groups excluding carboxylic acids is 2. The molecule has 1 heterocycles. The van der Waals surface area contributed by atoms with Crippen molar-refractivity contribution in [2.75, 3.05) is 13.2 Å². The molecular weight excluding hydrogens is 550 g/mol. The van der Waals surface area contributed by atoms with E-state index in [1.807, 2.05) is 18.3 Å². The number of hydrogen-bond donors (Lipinski definition) is 0. The maximum atomic E-state index is 12.7. The van der Waals surface area contributed by atoms with E-state index in [0.29, 0.717) is 30.1 Å². The fourth-order valence-electron chi connectivity index (χ4n) is 4.79. The topological polar surface area (TPSA) is 74.7 Å². The van der Waals surface area contributed by atoms with Gasteiger partial charge in [-0.1, -0.05) is 77.4 Å². The second-order valence-electron chi connectivity index (χ2n) is 11.4. The summed E-state index contributed by atoms with van der Waals surface area (Å²) in [5.74, 6) is 0.526. The van der Waals surface area contributed by atoms with Crippen LogP contribution in [0.3, 0.4) is 0 Å². The highest BCUT2D eigenvalue weighted by Gasteiger charge is 2.10. The molecule has 6 heteroatoms. The van der Waals surface area contributed by atoms with Crippen molar-refractivity contribution in [3.63, 3.8) is 0 Å². The second-order valence-corrected chi connectivity index (χ2v) is 11.4. The van der Waals surface area contributed by atoms with Crippen LogP contribution in [0.15, 0.2) is 79.0 Å². The Bertz CT molecular complexity index is 1270. The lowest BCUT2D eigenvalue weighted by molar-refractivity contribution is -0.139. The lowest BCUT2D eigenvalue weighted by Gasteiger charge is -2.08. The smallest absolute Gasteiger partial charge is 0.343 e. The first-order valence-electron chi connectivity index (χ1n) is 16.3. The minimum absolute atomic E-state index is 0.306. The van der Waals surface area contributed by atoms with E-state index in [0.717, 1.165) is 68.4 Å². The summed E-state index contributed by atoms with van der Waals surface area (Å²) in [5, 5.41) is 0. The first kappa shape index (κ1) is 34.6. The Morgan fingerprint density at radius 1 is 0.705 bits per heavy atom. The molecule has 0 spiro atoms. The number of rotatable bonds is 21. The number of ether oxygens (including phenoxy) is 3. The zero-order valence-corrected chi connectivity index (χ0v) is 26.7. The molecule has 0 aliphatic rings. The summed E-state index contributed by atoms with van der Waals surface area (Å²) in [6.45, 7) is 8.59. The standard InChI is InChI=1S/C38H49NO5/c1-4-5-6-10-13-16-31-17-26-36(39-29-31)32-18-24-35(25-19-32)44-38(41)33-20-22-34(23-21-33)42-27-14-11-8-7-9-12-15-28-43-37(40)30(2)3/h17-26,29H,2,4-16,27-28H2,1,3H3. The molecule has 0 radical (unpaired) electrons. The number of esters is 2. The Morgan fingerprint density at radius 3 is 1.95 bits per heavy atom. The fraction of sp³-hybridized carbons (Fsp3) is 0.447. The zero-order valence-electron chi connectivity index (χ0n) is 26.7. The van der Waals surface area contributed by atoms with Crippen molar-refractivity contribution in [1.82, 2.24) is 4.98 Å². The van der Waals surface area contributed by atoms with Crippen LogP contribution in [0, 0.1) is 0 Å². The maximum Gasteiger partial charge on any atom is 0.343 e. The summed E-state index contributed by atoms with van der Waals surface area (Å²) in [4.78, 5) is 28.6. The molecule has 44 heavy (non-hydrogen) atoms. The van der Waals surface area contributed by atoms with Gasteiger partial charge in [-0.25, -0.2) is 9.59 Å². The number of nitrogens with zero attached hydrogens (tertiary/aromatic N) is 1. The molecule has 0 N–H and O–H groups in total. The highest BCUT2D eigenvalue weighted by molar-refractivity contribution is 5.91. The van der Waals surface area contributed by atoms with Gasteiger partial charge in [-0.3, -0.25) is 4.98 Å². The van der Waals surface area contributed by atoms with Gasteiger partial charge in [-0.15, -0.1) is 0 Å². The van der Waals surface area contributed by atoms with Gasteiger partial charge in [0.05, 0.1) is 24.5 Å². The van der Waals surface area contributed by atoms with E-state index in [1.54, 1.807) is 43.3 Å². The predicted molar refractivity (Wildman–Crippen MR) is 177 cm³/mol. The van der Waals surface area contributed by atoms with Crippen molar-refractivity contribution in [3.8, 4) is 22.8 Å². The van der Waals surface area contributed by atoms with Crippen LogP contribution in [0.4, 0.5) is 0 Å². The molecular formula is C38H49NO5. The van der Waals surface area contributed by atoms with Crippen molar-refractivity contribution >= 4 is 11.9 Å². The van der Waals surface area contributed by atoms with E-state index >= 15 is 0 Å². The number of unbranched alkanes of at least 4 members (excludes halogenated alkanes) is 10. The molecule has 0 amide bonds. The highest BCUT2D eigenvalue weighted by Crippen LogP contribution is 2.23. The molecule has 0 aliphatic carbocycles. The molecule has 2 aromatic carbocycles. The molecule has 0 saturated heterocycles. The number of aryl methyl sites for hydroxylation is 1. The molecule has 0 fully saturated rings. The molecule has 6 nitrogen and oxygen atoms in total. The van der Waals surface area contributed by atoms with E-state index in [9.17, 15) is 9.59 Å². The fourth-order valence-corrected chi connectivity index (χ4v) is 4.79. The monoisotopic (exact) mass is 599 g/mol. The van der Waals surface area contributed by atoms with Crippen LogP contribution >= 0.6 is 0 Å². The molecule has 1 aromatic heterocycles. The van der Waals surface area contributed by atoms with Crippen LogP contribution in [-0.4, -0.2) is 30.1 Å². The summed E-state index contributed by atoms with van der Waals surface area (Å²) in [6.07, 6.45) is 16.9. The van der Waals surface area contributed by atoms with Gasteiger partial charge in [-0.2, -0.15) is 0 Å². The lowest BCUT2D eigenvalue weighted by atomic mass is 10.1. The van der Waals surface area contributed by atoms with Gasteiger partial charge in [0.15, 0.2) is 0 Å². The molecule has 3 aromatic rings. The predicted octanol–water partition coefficient (Wildman–Crippen LogP) is 9.71. The minimum atomic E-state index is -0.403. The van der Waals surface area contributed by atoms with Crippen molar-refractivity contribution in [2.45, 2.75) is 97.3 Å². The summed E-state index contributed by atoms with van der Waals surface area (Å²) in [6, 6.07) is 18.7. The van der Waals surface area contributed by atoms with Crippen LogP contribution < -0.4 is 9.47 Å². The Balaban J connectivity index is 1.29. The van der Waals surface area contributed by atoms with Crippen molar-refractivity contribution in [2.24, 2.45) is 0 Å². The summed E-state index contributed by atoms with van der Waals surface area (Å²) < 4.78 is 16.5. The third-order valence-electron chi connectivity index (χ3n) is 7.48. The van der Waals surface area contributed by atoms with E-state index in [2.05, 4.69) is 30.6 Å². The van der Waals surface area contributed by atoms with Crippen LogP contribution in [0.25, 0.3) is 11.3 Å². The quantitative estimate of drug-likeness (QED) is 0.0525. The van der Waals surface area contributed by atoms with Crippen LogP contribution in [-0.2, 0) is 16.0 Å². The zero-order chi connectivity index (χ0) is 31.4. The van der Waals surface area contributed by atoms with Crippen molar-refractivity contribution in [3.05, 3.63) is 90.1 Å². The van der Waals surface area contributed by atoms with Crippen LogP contribution in [0.5, 0.6) is 11.5 Å². The largest absolute Gasteiger partial charge is 0.494 e. The minimum Gasteiger partial charge on any atom is -0.494 e. The number of benzene rings is 2. The molecule has 236 valence electrons. The van der Waals surface area contributed by atoms with Gasteiger partial charge in [0.2, 0.25) is 0 Å². The first-order chi connectivity index (χ1) is 21.5. The molecule has 0 saturated carbocycles. The van der Waals surface area contributed by atoms with Gasteiger partial charge in [0.25, 0.3) is 0 Å². The van der Waals surface area contributed by atoms with E-state index < -0.39 is 5.97 Å². The summed E-state index contributed by atoms with van der Waals surface area (Å²) in [7, 11) is 0. The third-order valence-corrected chi connectivity index (χ3v) is 7.48. The van der Waals surface area contributed by atoms with Crippen LogP contribution in [0.2, 0.25) is 0 Å². The van der Waals surface area contributed by atoms with Gasteiger partial charge < -0.3 is 14.2 Å². The Kier molecular flexibility index (Phi) is 15.8. The third kappa shape index (κ3) is 13.2. The van der Waals surface area contributed by atoms with E-state index in [1.165, 1.54) is 37.7 Å². The number of aromatic nitrogens is 1. The Hall–Kier alpha value is -3.93. The van der Waals surface area contributed by atoms with Crippen molar-refractivity contribution < 1.29 is 23.8 Å². The molecule has 0 bridgehead atoms. The number of pyridine rings is 1. The van der Waals surface area contributed by atoms with Gasteiger partial charge in [0.1, 0.15) is 11.5 Å². The normalized spacial score (nSPS) is 10.8. The Morgan fingerprint density at radius 2 is 1.32 bits per heavy atom. The summed E-state index contributed by atoms with van der Waals surface area (Å²) >= 11 is 0. The van der Waals surface area contributed by atoms with E-state index in [-0.39, 0.29) is 5.97 Å². The van der Waals surface area contributed by atoms with Crippen molar-refractivity contribution in [1.29, 1.82) is 0 Å². The average molecular weight is 600 g/mol. The molecule has 0 unspecified atom stereocenters. The Labute approximate surface area is 263 Å². The molecule has 0 atom stereocenters. The molecule has 0 aliphatic heterocycles. The summed E-state index contributed by atoms with van der Waals surface area (Å²) in [5.41, 5.74) is 4.08. The highest BCUT2D eigenvalue weighted by atomic mass is 16.5. The van der Waals surface area contributed by atoms with Gasteiger partial charge >= 0.3 is 11.9 Å². The lowest BCUT2D eigenvalue weighted by Crippen LogP contribution is -2.08. The maximum absolute atomic E-state index is 12.7. The van der Waals surface area contributed by atoms with E-state index in [4.69, 9.17) is 14.2 Å². The average Bonchev–Trinajstić information content (AvgIpc) is 3.04. The molecule has 3 rings (SSSR count). The van der Waals surface area contributed by atoms with Gasteiger partial charge in [-0.05, 0) is 92.8 Å². The SMILES string of the molecule is C=C(C)C(=O)OCCCCCCCCCOc1ccc(C(=O)Oc2ccc(-c3ccc(CCCCCCC)cn3)cc2)cc1.